The monoisotopic (exact) mass is 190 g/mol. The molecule has 76 valence electrons. The molecule has 2 rings (SSSR count). The molecular weight excluding hydrogens is 172 g/mol. The van der Waals surface area contributed by atoms with Crippen molar-refractivity contribution in [3.05, 3.63) is 29.8 Å². The standard InChI is InChI=1S/C12H18N2/c13-12-5-3-10(4-6-12)8-11-2-1-7-14-9-11/h3-6,11,14H,1-2,7-9,13H2/t11-/m1/s1. The van der Waals surface area contributed by atoms with E-state index in [1.807, 2.05) is 12.1 Å². The molecule has 1 aliphatic heterocycles. The third-order valence-corrected chi connectivity index (χ3v) is 2.90. The molecule has 3 N–H and O–H groups in total. The summed E-state index contributed by atoms with van der Waals surface area (Å²) in [7, 11) is 0. The van der Waals surface area contributed by atoms with E-state index >= 15 is 0 Å². The predicted molar refractivity (Wildman–Crippen MR) is 60.2 cm³/mol. The number of benzene rings is 1. The number of nitrogen functional groups attached to an aromatic ring is 1. The molecule has 2 nitrogen and oxygen atoms in total. The maximum absolute atomic E-state index is 5.65. The third-order valence-electron chi connectivity index (χ3n) is 2.90. The van der Waals surface area contributed by atoms with E-state index in [9.17, 15) is 0 Å². The van der Waals surface area contributed by atoms with Crippen LogP contribution in [0.2, 0.25) is 0 Å². The number of hydrogen-bond donors (Lipinski definition) is 2. The van der Waals surface area contributed by atoms with E-state index in [0.717, 1.165) is 11.6 Å². The number of nitrogens with one attached hydrogen (secondary N) is 1. The molecule has 1 saturated heterocycles. The molecule has 0 aromatic heterocycles. The number of rotatable bonds is 2. The fourth-order valence-electron chi connectivity index (χ4n) is 2.09. The molecule has 1 heterocycles. The van der Waals surface area contributed by atoms with Crippen LogP contribution in [0.3, 0.4) is 0 Å². The second-order valence-electron chi connectivity index (χ2n) is 4.16. The van der Waals surface area contributed by atoms with Gasteiger partial charge >= 0.3 is 0 Å². The highest BCUT2D eigenvalue weighted by Gasteiger charge is 2.12. The van der Waals surface area contributed by atoms with Crippen LogP contribution in [0.15, 0.2) is 24.3 Å². The van der Waals surface area contributed by atoms with Crippen molar-refractivity contribution in [1.29, 1.82) is 0 Å². The van der Waals surface area contributed by atoms with Crippen LogP contribution < -0.4 is 11.1 Å². The van der Waals surface area contributed by atoms with Gasteiger partial charge in [0.25, 0.3) is 0 Å². The summed E-state index contributed by atoms with van der Waals surface area (Å²) in [6, 6.07) is 8.27. The normalized spacial score (nSPS) is 22.1. The maximum atomic E-state index is 5.65. The van der Waals surface area contributed by atoms with E-state index < -0.39 is 0 Å². The Morgan fingerprint density at radius 3 is 2.71 bits per heavy atom. The molecule has 0 unspecified atom stereocenters. The quantitative estimate of drug-likeness (QED) is 0.698. The van der Waals surface area contributed by atoms with Crippen LogP contribution in [0.1, 0.15) is 18.4 Å². The minimum absolute atomic E-state index is 0.812. The largest absolute Gasteiger partial charge is 0.399 e. The second kappa shape index (κ2) is 4.47. The van der Waals surface area contributed by atoms with Crippen molar-refractivity contribution in [2.75, 3.05) is 18.8 Å². The summed E-state index contributed by atoms with van der Waals surface area (Å²) < 4.78 is 0. The van der Waals surface area contributed by atoms with Gasteiger partial charge in [0.1, 0.15) is 0 Å². The topological polar surface area (TPSA) is 38.0 Å². The van der Waals surface area contributed by atoms with Crippen molar-refractivity contribution in [3.8, 4) is 0 Å². The first-order chi connectivity index (χ1) is 6.84. The molecule has 1 aromatic rings. The van der Waals surface area contributed by atoms with Crippen LogP contribution in [0.4, 0.5) is 5.69 Å². The average molecular weight is 190 g/mol. The summed E-state index contributed by atoms with van der Waals surface area (Å²) in [5.41, 5.74) is 7.91. The van der Waals surface area contributed by atoms with Gasteiger partial charge < -0.3 is 11.1 Å². The minimum atomic E-state index is 0.812. The Morgan fingerprint density at radius 1 is 1.29 bits per heavy atom. The fraction of sp³-hybridized carbons (Fsp3) is 0.500. The lowest BCUT2D eigenvalue weighted by atomic mass is 9.92. The van der Waals surface area contributed by atoms with Crippen molar-refractivity contribution < 1.29 is 0 Å². The molecule has 14 heavy (non-hydrogen) atoms. The Bertz CT molecular complexity index is 273. The molecule has 0 amide bonds. The van der Waals surface area contributed by atoms with Crippen LogP contribution >= 0.6 is 0 Å². The molecular formula is C12H18N2. The zero-order valence-corrected chi connectivity index (χ0v) is 8.50. The van der Waals surface area contributed by atoms with E-state index in [1.165, 1.54) is 37.9 Å². The zero-order chi connectivity index (χ0) is 9.80. The molecule has 1 aliphatic rings. The zero-order valence-electron chi connectivity index (χ0n) is 8.50. The smallest absolute Gasteiger partial charge is 0.0314 e. The number of hydrogen-bond acceptors (Lipinski definition) is 2. The molecule has 0 spiro atoms. The Labute approximate surface area is 85.5 Å². The highest BCUT2D eigenvalue weighted by Crippen LogP contribution is 2.17. The fourth-order valence-corrected chi connectivity index (χ4v) is 2.09. The summed E-state index contributed by atoms with van der Waals surface area (Å²) in [6.07, 6.45) is 3.87. The van der Waals surface area contributed by atoms with Gasteiger partial charge in [-0.3, -0.25) is 0 Å². The first kappa shape index (κ1) is 9.53. The summed E-state index contributed by atoms with van der Waals surface area (Å²) in [6.45, 7) is 2.36. The molecule has 2 heteroatoms. The highest BCUT2D eigenvalue weighted by atomic mass is 14.9. The summed E-state index contributed by atoms with van der Waals surface area (Å²) in [5, 5.41) is 3.44. The lowest BCUT2D eigenvalue weighted by molar-refractivity contribution is 0.376. The van der Waals surface area contributed by atoms with E-state index in [-0.39, 0.29) is 0 Å². The third kappa shape index (κ3) is 2.48. The van der Waals surface area contributed by atoms with E-state index in [4.69, 9.17) is 5.73 Å². The molecule has 0 bridgehead atoms. The number of piperidine rings is 1. The van der Waals surface area contributed by atoms with E-state index in [2.05, 4.69) is 17.4 Å². The first-order valence-electron chi connectivity index (χ1n) is 5.40. The van der Waals surface area contributed by atoms with Crippen molar-refractivity contribution in [3.63, 3.8) is 0 Å². The Hall–Kier alpha value is -1.02. The molecule has 1 fully saturated rings. The highest BCUT2D eigenvalue weighted by molar-refractivity contribution is 5.39. The predicted octanol–water partition coefficient (Wildman–Crippen LogP) is 1.81. The van der Waals surface area contributed by atoms with Gasteiger partial charge in [-0.1, -0.05) is 12.1 Å². The van der Waals surface area contributed by atoms with Gasteiger partial charge in [-0.05, 0) is 56.0 Å². The van der Waals surface area contributed by atoms with E-state index in [0.29, 0.717) is 0 Å². The lowest BCUT2D eigenvalue weighted by Gasteiger charge is -2.22. The second-order valence-corrected chi connectivity index (χ2v) is 4.16. The molecule has 0 aliphatic carbocycles. The molecule has 1 atom stereocenters. The first-order valence-corrected chi connectivity index (χ1v) is 5.40. The maximum Gasteiger partial charge on any atom is 0.0314 e. The summed E-state index contributed by atoms with van der Waals surface area (Å²) in [4.78, 5) is 0. The Balaban J connectivity index is 1.92. The minimum Gasteiger partial charge on any atom is -0.399 e. The van der Waals surface area contributed by atoms with Crippen LogP contribution in [-0.4, -0.2) is 13.1 Å². The summed E-state index contributed by atoms with van der Waals surface area (Å²) in [5.74, 6) is 0.812. The Kier molecular flexibility index (Phi) is 3.04. The number of nitrogens with two attached hydrogens (primary N) is 1. The summed E-state index contributed by atoms with van der Waals surface area (Å²) >= 11 is 0. The Morgan fingerprint density at radius 2 is 2.07 bits per heavy atom. The van der Waals surface area contributed by atoms with Crippen LogP contribution in [0.25, 0.3) is 0 Å². The number of anilines is 1. The lowest BCUT2D eigenvalue weighted by Crippen LogP contribution is -2.30. The van der Waals surface area contributed by atoms with Crippen molar-refractivity contribution in [2.45, 2.75) is 19.3 Å². The van der Waals surface area contributed by atoms with Crippen molar-refractivity contribution in [2.24, 2.45) is 5.92 Å². The van der Waals surface area contributed by atoms with E-state index in [1.54, 1.807) is 0 Å². The van der Waals surface area contributed by atoms with Gasteiger partial charge in [-0.25, -0.2) is 0 Å². The van der Waals surface area contributed by atoms with Gasteiger partial charge in [0.05, 0.1) is 0 Å². The van der Waals surface area contributed by atoms with Gasteiger partial charge in [-0.15, -0.1) is 0 Å². The van der Waals surface area contributed by atoms with Crippen LogP contribution in [0.5, 0.6) is 0 Å². The van der Waals surface area contributed by atoms with Gasteiger partial charge in [0, 0.05) is 5.69 Å². The van der Waals surface area contributed by atoms with Crippen molar-refractivity contribution >= 4 is 5.69 Å². The van der Waals surface area contributed by atoms with Gasteiger partial charge in [0.2, 0.25) is 0 Å². The van der Waals surface area contributed by atoms with Crippen molar-refractivity contribution in [1.82, 2.24) is 5.32 Å². The SMILES string of the molecule is Nc1ccc(C[C@H]2CCCNC2)cc1. The molecule has 1 aromatic carbocycles. The van der Waals surface area contributed by atoms with Crippen LogP contribution in [0, 0.1) is 5.92 Å². The molecule has 0 radical (unpaired) electrons. The van der Waals surface area contributed by atoms with Gasteiger partial charge in [-0.2, -0.15) is 0 Å². The average Bonchev–Trinajstić information content (AvgIpc) is 2.23. The van der Waals surface area contributed by atoms with Crippen LogP contribution in [-0.2, 0) is 6.42 Å². The molecule has 0 saturated carbocycles. The van der Waals surface area contributed by atoms with Gasteiger partial charge in [0.15, 0.2) is 0 Å².